The lowest BCUT2D eigenvalue weighted by atomic mass is 9.90. The molecular formula is C97H96N12O12. The molecule has 4 heterocycles. The van der Waals surface area contributed by atoms with E-state index < -0.39 is 29.6 Å². The first kappa shape index (κ1) is 86.3. The number of unbranched alkanes of at least 4 members (excludes halogenated alkanes) is 12. The zero-order valence-electron chi connectivity index (χ0n) is 68.6. The first-order valence-electron chi connectivity index (χ1n) is 41.7. The summed E-state index contributed by atoms with van der Waals surface area (Å²) in [6.07, 6.45) is 16.0. The average Bonchev–Trinajstić information content (AvgIpc) is 1.65. The molecule has 8 aromatic rings. The van der Waals surface area contributed by atoms with Gasteiger partial charge in [0.25, 0.3) is 23.6 Å². The highest BCUT2D eigenvalue weighted by Crippen LogP contribution is 2.44. The summed E-state index contributed by atoms with van der Waals surface area (Å²) in [7, 11) is 0. The molecule has 4 N–H and O–H groups in total. The van der Waals surface area contributed by atoms with Crippen molar-refractivity contribution in [1.29, 1.82) is 42.1 Å². The zero-order chi connectivity index (χ0) is 85.4. The SMILES string of the molecule is CCCCCCOc1cc2c(c(C#N)c1C#N)C(Cc1ccc(OCC(COc3ccc(CC4NC(=O)c5cc(OCCCCCC)c(C#N)c(C#N)c54)cc3)(COc3ccc(CC4NC(=O)c5cc(OCCCCCC)c(C#N)c(C#N)c54)cc3)COc3ccc(CC4NC(=O)c5cc(OCCCCCC)c(C#N)c(C#N)c54)cc3)cc1)NC2=O. The molecule has 8 aromatic carbocycles. The third kappa shape index (κ3) is 20.2. The Morgan fingerprint density at radius 3 is 0.653 bits per heavy atom. The quantitative estimate of drug-likeness (QED) is 0.0258. The number of carbonyl (C=O) groups excluding carboxylic acids is 4. The first-order valence-corrected chi connectivity index (χ1v) is 41.7. The van der Waals surface area contributed by atoms with Gasteiger partial charge >= 0.3 is 0 Å². The van der Waals surface area contributed by atoms with Gasteiger partial charge in [0.1, 0.15) is 149 Å². The van der Waals surface area contributed by atoms with Crippen molar-refractivity contribution in [1.82, 2.24) is 21.3 Å². The van der Waals surface area contributed by atoms with Crippen LogP contribution in [0, 0.1) is 96.1 Å². The Kier molecular flexibility index (Phi) is 29.5. The van der Waals surface area contributed by atoms with Gasteiger partial charge in [-0.25, -0.2) is 0 Å². The monoisotopic (exact) mass is 1620 g/mol. The van der Waals surface area contributed by atoms with Crippen LogP contribution in [-0.4, -0.2) is 76.5 Å². The van der Waals surface area contributed by atoms with Crippen molar-refractivity contribution < 1.29 is 57.1 Å². The van der Waals surface area contributed by atoms with Crippen LogP contribution in [0.2, 0.25) is 0 Å². The third-order valence-corrected chi connectivity index (χ3v) is 22.5. The second-order valence-corrected chi connectivity index (χ2v) is 31.0. The Labute approximate surface area is 706 Å². The summed E-state index contributed by atoms with van der Waals surface area (Å²) in [5.74, 6) is 0.956. The fraction of sp³-hybridized carbons (Fsp3) is 0.381. The van der Waals surface area contributed by atoms with Gasteiger partial charge < -0.3 is 59.2 Å². The maximum atomic E-state index is 13.7. The molecule has 24 nitrogen and oxygen atoms in total. The fourth-order valence-electron chi connectivity index (χ4n) is 16.0. The van der Waals surface area contributed by atoms with Gasteiger partial charge in [-0.2, -0.15) is 42.1 Å². The van der Waals surface area contributed by atoms with Gasteiger partial charge in [0.15, 0.2) is 0 Å². The third-order valence-electron chi connectivity index (χ3n) is 22.5. The smallest absolute Gasteiger partial charge is 0.252 e. The Balaban J connectivity index is 0.841. The molecule has 616 valence electrons. The van der Waals surface area contributed by atoms with Crippen molar-refractivity contribution in [3.8, 4) is 94.5 Å². The topological polar surface area (TPSA) is 381 Å². The van der Waals surface area contributed by atoms with Crippen LogP contribution < -0.4 is 59.2 Å². The predicted molar refractivity (Wildman–Crippen MR) is 448 cm³/mol. The van der Waals surface area contributed by atoms with E-state index in [1.165, 1.54) is 0 Å². The molecule has 121 heavy (non-hydrogen) atoms. The van der Waals surface area contributed by atoms with Crippen molar-refractivity contribution in [2.75, 3.05) is 52.9 Å². The maximum Gasteiger partial charge on any atom is 0.252 e. The summed E-state index contributed by atoms with van der Waals surface area (Å²) in [6.45, 7) is 9.32. The van der Waals surface area contributed by atoms with Crippen molar-refractivity contribution in [3.05, 3.63) is 233 Å². The summed E-state index contributed by atoms with van der Waals surface area (Å²) in [5.41, 5.74) is 5.27. The van der Waals surface area contributed by atoms with Crippen LogP contribution in [0.5, 0.6) is 46.0 Å². The molecule has 4 amide bonds. The highest BCUT2D eigenvalue weighted by molar-refractivity contribution is 6.03. The molecule has 0 radical (unpaired) electrons. The van der Waals surface area contributed by atoms with Crippen LogP contribution in [0.4, 0.5) is 0 Å². The standard InChI is InChI=1S/C97H96N12O12/c1-5-9-13-17-37-114-85-45-69-89(77(53-102)73(85)49-98)81(106-93(69)110)41-61-21-29-65(30-22-61)118-57-97(58-119-66-31-23-62(24-32-66)42-82-90-70(94(111)107-82)46-86(74(50-99)78(90)54-103)115-38-18-14-10-6-2,59-120-67-33-25-63(26-34-67)43-83-91-71(95(112)108-83)47-87(75(51-100)79(91)55-104)116-39-19-15-11-7-3)60-121-68-35-27-64(28-36-68)44-84-92-72(96(113)109-84)48-88(76(52-101)80(92)56-105)117-40-20-16-12-8-4/h21-36,45-48,81-84H,5-20,37-44,57-60H2,1-4H3,(H,106,110)(H,107,111)(H,108,112)(H,109,113). The number of nitrogens with one attached hydrogen (secondary N) is 4. The largest absolute Gasteiger partial charge is 0.493 e. The number of nitrogens with zero attached hydrogens (tertiary/aromatic N) is 8. The molecule has 0 aliphatic carbocycles. The van der Waals surface area contributed by atoms with E-state index in [0.717, 1.165) is 125 Å². The summed E-state index contributed by atoms with van der Waals surface area (Å²) in [5, 5.41) is 96.0. The van der Waals surface area contributed by atoms with Crippen LogP contribution in [0.3, 0.4) is 0 Å². The van der Waals surface area contributed by atoms with Gasteiger partial charge in [-0.05, 0) is 146 Å². The Hall–Kier alpha value is -14.0. The molecule has 0 bridgehead atoms. The van der Waals surface area contributed by atoms with Crippen LogP contribution >= 0.6 is 0 Å². The zero-order valence-corrected chi connectivity index (χ0v) is 68.6. The molecular weight excluding hydrogens is 1530 g/mol. The van der Waals surface area contributed by atoms with E-state index in [-0.39, 0.29) is 165 Å². The molecule has 24 heteroatoms. The van der Waals surface area contributed by atoms with Crippen LogP contribution in [-0.2, 0) is 25.7 Å². The number of amides is 4. The van der Waals surface area contributed by atoms with Gasteiger partial charge in [-0.3, -0.25) is 19.2 Å². The van der Waals surface area contributed by atoms with E-state index in [2.05, 4.69) is 97.5 Å². The van der Waals surface area contributed by atoms with Gasteiger partial charge in [0.05, 0.1) is 72.8 Å². The second-order valence-electron chi connectivity index (χ2n) is 31.0. The number of rotatable bonds is 44. The number of fused-ring (bicyclic) bond motifs is 4. The molecule has 0 fully saturated rings. The molecule has 0 saturated heterocycles. The van der Waals surface area contributed by atoms with Gasteiger partial charge in [0.2, 0.25) is 0 Å². The van der Waals surface area contributed by atoms with Gasteiger partial charge in [0, 0.05) is 44.5 Å². The van der Waals surface area contributed by atoms with E-state index in [1.807, 2.05) is 48.5 Å². The predicted octanol–water partition coefficient (Wildman–Crippen LogP) is 17.2. The molecule has 4 aliphatic rings. The van der Waals surface area contributed by atoms with Crippen LogP contribution in [0.1, 0.15) is 285 Å². The molecule has 4 unspecified atom stereocenters. The molecule has 4 aliphatic heterocycles. The molecule has 0 saturated carbocycles. The molecule has 0 spiro atoms. The second kappa shape index (κ2) is 41.4. The summed E-state index contributed by atoms with van der Waals surface area (Å²) in [4.78, 5) is 54.8. The lowest BCUT2D eigenvalue weighted by Crippen LogP contribution is -2.45. The number of benzene rings is 8. The van der Waals surface area contributed by atoms with Crippen LogP contribution in [0.15, 0.2) is 121 Å². The lowest BCUT2D eigenvalue weighted by Gasteiger charge is -2.33. The molecule has 4 atom stereocenters. The number of ether oxygens (including phenoxy) is 8. The number of nitriles is 8. The van der Waals surface area contributed by atoms with E-state index in [1.54, 1.807) is 72.8 Å². The van der Waals surface area contributed by atoms with Crippen LogP contribution in [0.25, 0.3) is 0 Å². The Morgan fingerprint density at radius 2 is 0.471 bits per heavy atom. The Bertz CT molecular complexity index is 4830. The van der Waals surface area contributed by atoms with Crippen molar-refractivity contribution in [2.45, 2.75) is 180 Å². The summed E-state index contributed by atoms with van der Waals surface area (Å²) in [6, 6.07) is 50.2. The van der Waals surface area contributed by atoms with E-state index in [4.69, 9.17) is 37.9 Å². The van der Waals surface area contributed by atoms with E-state index in [9.17, 15) is 61.3 Å². The summed E-state index contributed by atoms with van der Waals surface area (Å²) >= 11 is 0. The number of hydrogen-bond acceptors (Lipinski definition) is 20. The van der Waals surface area contributed by atoms with Gasteiger partial charge in [-0.15, -0.1) is 0 Å². The number of carbonyl (C=O) groups is 4. The van der Waals surface area contributed by atoms with E-state index in [0.29, 0.717) is 71.7 Å². The highest BCUT2D eigenvalue weighted by Gasteiger charge is 2.41. The minimum atomic E-state index is -1.22. The van der Waals surface area contributed by atoms with Crippen molar-refractivity contribution in [2.24, 2.45) is 5.41 Å². The average molecular weight is 1620 g/mol. The minimum absolute atomic E-state index is 0.0714. The van der Waals surface area contributed by atoms with Crippen molar-refractivity contribution in [3.63, 3.8) is 0 Å². The maximum absolute atomic E-state index is 13.7. The van der Waals surface area contributed by atoms with E-state index >= 15 is 0 Å². The van der Waals surface area contributed by atoms with Crippen molar-refractivity contribution >= 4 is 23.6 Å². The summed E-state index contributed by atoms with van der Waals surface area (Å²) < 4.78 is 51.5. The number of hydrogen-bond donors (Lipinski definition) is 4. The fourth-order valence-corrected chi connectivity index (χ4v) is 16.0. The normalized spacial score (nSPS) is 15.4. The Morgan fingerprint density at radius 1 is 0.273 bits per heavy atom. The minimum Gasteiger partial charge on any atom is -0.493 e. The first-order chi connectivity index (χ1) is 59.1. The van der Waals surface area contributed by atoms with Gasteiger partial charge in [-0.1, -0.05) is 153 Å². The lowest BCUT2D eigenvalue weighted by molar-refractivity contribution is -0.00354. The molecule has 0 aromatic heterocycles. The highest BCUT2D eigenvalue weighted by atomic mass is 16.5. The molecule has 12 rings (SSSR count).